The molecule has 2 aromatic rings. The Balaban J connectivity index is 2.64. The van der Waals surface area contributed by atoms with Crippen LogP contribution in [0.25, 0.3) is 10.8 Å². The first-order valence-electron chi connectivity index (χ1n) is 4.53. The first kappa shape index (κ1) is 9.99. The Labute approximate surface area is 91.0 Å². The van der Waals surface area contributed by atoms with Gasteiger partial charge in [0.1, 0.15) is 0 Å². The predicted octanol–water partition coefficient (Wildman–Crippen LogP) is 2.77. The van der Waals surface area contributed by atoms with Crippen LogP contribution in [0, 0.1) is 0 Å². The molecule has 0 fully saturated rings. The molecule has 0 radical (unpaired) electrons. The molecule has 0 bridgehead atoms. The Morgan fingerprint density at radius 1 is 0.750 bits per heavy atom. The first-order valence-corrected chi connectivity index (χ1v) is 4.53. The van der Waals surface area contributed by atoms with Crippen LogP contribution >= 0.6 is 0 Å². The van der Waals surface area contributed by atoms with Gasteiger partial charge in [-0.1, -0.05) is 12.1 Å². The average Bonchev–Trinajstić information content (AvgIpc) is 2.29. The van der Waals surface area contributed by atoms with Crippen molar-refractivity contribution < 1.29 is 9.59 Å². The van der Waals surface area contributed by atoms with Crippen LogP contribution in [0.15, 0.2) is 46.4 Å². The maximum Gasteiger partial charge on any atom is 0.240 e. The maximum atomic E-state index is 10.1. The number of carbonyl (C=O) groups excluding carboxylic acids is 2. The summed E-state index contributed by atoms with van der Waals surface area (Å²) >= 11 is 0. The lowest BCUT2D eigenvalue weighted by molar-refractivity contribution is 0.564. The standard InChI is InChI=1S/C12H6N2O2/c15-7-13-11-3-1-9-2-4-12(14-8-16)6-10(9)5-11/h1-6H. The minimum Gasteiger partial charge on any atom is -0.211 e. The number of fused-ring (bicyclic) bond motifs is 1. The Morgan fingerprint density at radius 2 is 1.25 bits per heavy atom. The van der Waals surface area contributed by atoms with E-state index in [1.165, 1.54) is 12.2 Å². The van der Waals surface area contributed by atoms with E-state index >= 15 is 0 Å². The Morgan fingerprint density at radius 3 is 1.69 bits per heavy atom. The van der Waals surface area contributed by atoms with Crippen molar-refractivity contribution in [1.82, 2.24) is 0 Å². The van der Waals surface area contributed by atoms with Gasteiger partial charge in [-0.2, -0.15) is 9.98 Å². The Bertz CT molecular complexity index is 584. The van der Waals surface area contributed by atoms with Crippen LogP contribution in [0.5, 0.6) is 0 Å². The highest BCUT2D eigenvalue weighted by atomic mass is 16.1. The van der Waals surface area contributed by atoms with Gasteiger partial charge in [0.05, 0.1) is 11.4 Å². The zero-order valence-corrected chi connectivity index (χ0v) is 8.18. The molecule has 0 aliphatic rings. The summed E-state index contributed by atoms with van der Waals surface area (Å²) in [4.78, 5) is 27.3. The van der Waals surface area contributed by atoms with Gasteiger partial charge in [0, 0.05) is 0 Å². The van der Waals surface area contributed by atoms with Gasteiger partial charge >= 0.3 is 0 Å². The zero-order chi connectivity index (χ0) is 11.4. The van der Waals surface area contributed by atoms with E-state index in [1.807, 2.05) is 12.1 Å². The average molecular weight is 210 g/mol. The van der Waals surface area contributed by atoms with Crippen LogP contribution < -0.4 is 0 Å². The van der Waals surface area contributed by atoms with E-state index in [0.717, 1.165) is 10.8 Å². The smallest absolute Gasteiger partial charge is 0.211 e. The zero-order valence-electron chi connectivity index (χ0n) is 8.18. The van der Waals surface area contributed by atoms with E-state index in [0.29, 0.717) is 11.4 Å². The lowest BCUT2D eigenvalue weighted by atomic mass is 10.1. The Hall–Kier alpha value is -2.54. The molecule has 0 unspecified atom stereocenters. The van der Waals surface area contributed by atoms with Crippen LogP contribution in [0.3, 0.4) is 0 Å². The number of benzene rings is 2. The van der Waals surface area contributed by atoms with Crippen molar-refractivity contribution in [1.29, 1.82) is 0 Å². The molecule has 0 saturated heterocycles. The molecule has 2 aromatic carbocycles. The molecule has 76 valence electrons. The minimum atomic E-state index is 0.523. The van der Waals surface area contributed by atoms with Crippen LogP contribution in [0.2, 0.25) is 0 Å². The van der Waals surface area contributed by atoms with Crippen LogP contribution in [-0.4, -0.2) is 12.2 Å². The molecule has 0 amide bonds. The number of rotatable bonds is 2. The summed E-state index contributed by atoms with van der Waals surface area (Å²) in [6, 6.07) is 10.6. The fourth-order valence-corrected chi connectivity index (χ4v) is 1.47. The summed E-state index contributed by atoms with van der Waals surface area (Å²) in [5.41, 5.74) is 1.05. The highest BCUT2D eigenvalue weighted by Crippen LogP contribution is 2.24. The molecule has 0 heterocycles. The van der Waals surface area contributed by atoms with Crippen molar-refractivity contribution in [3.8, 4) is 0 Å². The Kier molecular flexibility index (Phi) is 2.70. The highest BCUT2D eigenvalue weighted by molar-refractivity contribution is 5.88. The van der Waals surface area contributed by atoms with Crippen molar-refractivity contribution in [3.05, 3.63) is 36.4 Å². The second kappa shape index (κ2) is 4.32. The molecule has 0 aliphatic heterocycles. The second-order valence-corrected chi connectivity index (χ2v) is 3.12. The number of hydrogen-bond acceptors (Lipinski definition) is 4. The van der Waals surface area contributed by atoms with E-state index < -0.39 is 0 Å². The second-order valence-electron chi connectivity index (χ2n) is 3.12. The maximum absolute atomic E-state index is 10.1. The number of hydrogen-bond donors (Lipinski definition) is 0. The van der Waals surface area contributed by atoms with Gasteiger partial charge in [0.25, 0.3) is 0 Å². The SMILES string of the molecule is O=C=Nc1ccc2ccc(N=C=O)cc2c1. The summed E-state index contributed by atoms with van der Waals surface area (Å²) in [6.07, 6.45) is 2.96. The van der Waals surface area contributed by atoms with Crippen LogP contribution in [0.1, 0.15) is 0 Å². The summed E-state index contributed by atoms with van der Waals surface area (Å²) in [6.45, 7) is 0. The number of aliphatic imine (C=N–C) groups is 2. The third-order valence-electron chi connectivity index (χ3n) is 2.16. The molecule has 0 atom stereocenters. The van der Waals surface area contributed by atoms with Crippen LogP contribution in [0.4, 0.5) is 11.4 Å². The van der Waals surface area contributed by atoms with E-state index in [1.54, 1.807) is 24.3 Å². The van der Waals surface area contributed by atoms with Gasteiger partial charge in [-0.15, -0.1) is 0 Å². The summed E-state index contributed by atoms with van der Waals surface area (Å²) in [5, 5.41) is 1.84. The number of isocyanates is 2. The molecule has 0 aliphatic carbocycles. The largest absolute Gasteiger partial charge is 0.240 e. The van der Waals surface area contributed by atoms with E-state index in [9.17, 15) is 9.59 Å². The van der Waals surface area contributed by atoms with Crippen molar-refractivity contribution in [2.75, 3.05) is 0 Å². The van der Waals surface area contributed by atoms with Crippen molar-refractivity contribution in [3.63, 3.8) is 0 Å². The third kappa shape index (κ3) is 1.93. The molecule has 2 rings (SSSR count). The van der Waals surface area contributed by atoms with E-state index in [4.69, 9.17) is 0 Å². The molecule has 0 spiro atoms. The molecule has 16 heavy (non-hydrogen) atoms. The highest BCUT2D eigenvalue weighted by Gasteiger charge is 1.97. The van der Waals surface area contributed by atoms with Gasteiger partial charge in [-0.3, -0.25) is 0 Å². The normalized spacial score (nSPS) is 9.25. The quantitative estimate of drug-likeness (QED) is 0.565. The fraction of sp³-hybridized carbons (Fsp3) is 0. The van der Waals surface area contributed by atoms with Gasteiger partial charge in [-0.25, -0.2) is 9.59 Å². The van der Waals surface area contributed by atoms with Gasteiger partial charge in [0.15, 0.2) is 0 Å². The monoisotopic (exact) mass is 210 g/mol. The molecule has 4 nitrogen and oxygen atoms in total. The van der Waals surface area contributed by atoms with Gasteiger partial charge < -0.3 is 0 Å². The molecular formula is C12H6N2O2. The molecule has 4 heteroatoms. The lowest BCUT2D eigenvalue weighted by Gasteiger charge is -1.99. The fourth-order valence-electron chi connectivity index (χ4n) is 1.47. The van der Waals surface area contributed by atoms with E-state index in [-0.39, 0.29) is 0 Å². The van der Waals surface area contributed by atoms with Gasteiger partial charge in [0.2, 0.25) is 12.2 Å². The van der Waals surface area contributed by atoms with Crippen molar-refractivity contribution in [2.24, 2.45) is 9.98 Å². The third-order valence-corrected chi connectivity index (χ3v) is 2.16. The molecule has 0 saturated carbocycles. The van der Waals surface area contributed by atoms with Crippen molar-refractivity contribution in [2.45, 2.75) is 0 Å². The van der Waals surface area contributed by atoms with E-state index in [2.05, 4.69) is 9.98 Å². The molecular weight excluding hydrogens is 204 g/mol. The first-order chi connectivity index (χ1) is 7.83. The van der Waals surface area contributed by atoms with Crippen LogP contribution in [-0.2, 0) is 9.59 Å². The number of nitrogens with zero attached hydrogens (tertiary/aromatic N) is 2. The van der Waals surface area contributed by atoms with Crippen molar-refractivity contribution >= 4 is 34.3 Å². The summed E-state index contributed by atoms with van der Waals surface area (Å²) in [7, 11) is 0. The predicted molar refractivity (Wildman–Crippen MR) is 59.5 cm³/mol. The summed E-state index contributed by atoms with van der Waals surface area (Å²) < 4.78 is 0. The molecule has 0 N–H and O–H groups in total. The lowest BCUT2D eigenvalue weighted by Crippen LogP contribution is -1.72. The molecule has 0 aromatic heterocycles. The summed E-state index contributed by atoms with van der Waals surface area (Å²) in [5.74, 6) is 0. The van der Waals surface area contributed by atoms with Gasteiger partial charge in [-0.05, 0) is 35.0 Å². The minimum absolute atomic E-state index is 0.523. The topological polar surface area (TPSA) is 58.9 Å².